The van der Waals surface area contributed by atoms with Crippen LogP contribution in [0.3, 0.4) is 0 Å². The summed E-state index contributed by atoms with van der Waals surface area (Å²) in [7, 11) is -4.36. The van der Waals surface area contributed by atoms with Crippen LogP contribution < -0.4 is 15.4 Å². The molecule has 3 atom stereocenters. The molecule has 40 heavy (non-hydrogen) atoms. The number of aliphatic hydroxyl groups excluding tert-OH is 2. The SMILES string of the molecule is C[C@@H]1CN(c2nc(C(C)(C)C)c(C(O)C(O)C3CCCC3)cc2C(=O)NS(=O)(=O)c2cccc(N)n2)C(C)(C)C1. The maximum atomic E-state index is 13.8. The second-order valence-corrected chi connectivity index (χ2v) is 14.7. The van der Waals surface area contributed by atoms with Crippen LogP contribution in [-0.2, 0) is 15.4 Å². The van der Waals surface area contributed by atoms with Crippen molar-refractivity contribution >= 4 is 27.6 Å². The Balaban J connectivity index is 1.87. The van der Waals surface area contributed by atoms with E-state index in [9.17, 15) is 23.4 Å². The Hall–Kier alpha value is -2.76. The number of nitrogens with one attached hydrogen (secondary N) is 1. The fraction of sp³-hybridized carbons (Fsp3) is 0.621. The number of nitrogens with two attached hydrogens (primary N) is 1. The molecule has 4 rings (SSSR count). The topological polar surface area (TPSA) is 159 Å². The molecule has 1 aliphatic carbocycles. The van der Waals surface area contributed by atoms with Crippen LogP contribution in [-0.4, -0.2) is 52.7 Å². The van der Waals surface area contributed by atoms with Crippen molar-refractivity contribution in [3.8, 4) is 0 Å². The van der Waals surface area contributed by atoms with Crippen molar-refractivity contribution in [2.24, 2.45) is 11.8 Å². The number of hydrogen-bond donors (Lipinski definition) is 4. The molecule has 2 aliphatic rings. The molecule has 10 nitrogen and oxygen atoms in total. The van der Waals surface area contributed by atoms with Gasteiger partial charge in [0, 0.05) is 23.1 Å². The molecule has 2 fully saturated rings. The van der Waals surface area contributed by atoms with Gasteiger partial charge in [0.05, 0.1) is 17.4 Å². The Kier molecular flexibility index (Phi) is 8.23. The number of sulfonamides is 1. The standard InChI is InChI=1S/C29H43N5O5S/c1-17-15-29(5,6)34(16-17)26-20(27(37)33-40(38,39)22-13-9-12-21(30)31-22)14-19(25(32-26)28(2,3)4)24(36)23(35)18-10-7-8-11-18/h9,12-14,17-18,23-24,35-36H,7-8,10-11,15-16H2,1-6H3,(H2,30,31)(H,33,37)/t17-,23?,24?/m0/s1. The van der Waals surface area contributed by atoms with Crippen LogP contribution in [0.2, 0.25) is 0 Å². The average molecular weight is 574 g/mol. The summed E-state index contributed by atoms with van der Waals surface area (Å²) in [5.74, 6) is -0.287. The smallest absolute Gasteiger partial charge is 0.281 e. The van der Waals surface area contributed by atoms with E-state index in [1.807, 2.05) is 25.7 Å². The van der Waals surface area contributed by atoms with E-state index in [0.29, 0.717) is 29.5 Å². The molecule has 1 amide bonds. The zero-order valence-electron chi connectivity index (χ0n) is 24.3. The van der Waals surface area contributed by atoms with Crippen molar-refractivity contribution < 1.29 is 23.4 Å². The van der Waals surface area contributed by atoms with E-state index in [2.05, 4.69) is 30.5 Å². The lowest BCUT2D eigenvalue weighted by Gasteiger charge is -2.36. The van der Waals surface area contributed by atoms with Crippen molar-refractivity contribution in [2.75, 3.05) is 17.2 Å². The molecule has 11 heteroatoms. The highest BCUT2D eigenvalue weighted by molar-refractivity contribution is 7.90. The van der Waals surface area contributed by atoms with Crippen molar-refractivity contribution in [1.29, 1.82) is 0 Å². The van der Waals surface area contributed by atoms with E-state index < -0.39 is 33.6 Å². The fourth-order valence-electron chi connectivity index (χ4n) is 6.23. The summed E-state index contributed by atoms with van der Waals surface area (Å²) < 4.78 is 28.4. The van der Waals surface area contributed by atoms with Crippen LogP contribution in [0.4, 0.5) is 11.6 Å². The van der Waals surface area contributed by atoms with Gasteiger partial charge in [0.15, 0.2) is 5.03 Å². The summed E-state index contributed by atoms with van der Waals surface area (Å²) >= 11 is 0. The van der Waals surface area contributed by atoms with Gasteiger partial charge in [-0.05, 0) is 63.1 Å². The maximum Gasteiger partial charge on any atom is 0.281 e. The molecule has 0 radical (unpaired) electrons. The van der Waals surface area contributed by atoms with Crippen LogP contribution in [0.15, 0.2) is 29.3 Å². The van der Waals surface area contributed by atoms with Gasteiger partial charge in [0.1, 0.15) is 17.7 Å². The minimum Gasteiger partial charge on any atom is -0.390 e. The first kappa shape index (κ1) is 30.2. The Morgan fingerprint density at radius 1 is 1.18 bits per heavy atom. The molecular formula is C29H43N5O5S. The van der Waals surface area contributed by atoms with Gasteiger partial charge in [0.2, 0.25) is 0 Å². The van der Waals surface area contributed by atoms with Gasteiger partial charge in [-0.1, -0.05) is 46.6 Å². The predicted molar refractivity (Wildman–Crippen MR) is 154 cm³/mol. The fourth-order valence-corrected chi connectivity index (χ4v) is 7.17. The van der Waals surface area contributed by atoms with Crippen molar-refractivity contribution in [1.82, 2.24) is 14.7 Å². The number of hydrogen-bond acceptors (Lipinski definition) is 9. The van der Waals surface area contributed by atoms with Crippen molar-refractivity contribution in [3.63, 3.8) is 0 Å². The number of anilines is 2. The molecule has 1 saturated heterocycles. The molecular weight excluding hydrogens is 530 g/mol. The number of carbonyl (C=O) groups excluding carboxylic acids is 1. The Labute approximate surface area is 237 Å². The molecule has 2 aromatic heterocycles. The lowest BCUT2D eigenvalue weighted by molar-refractivity contribution is -0.0181. The van der Waals surface area contributed by atoms with E-state index in [-0.39, 0.29) is 27.9 Å². The highest BCUT2D eigenvalue weighted by Gasteiger charge is 2.41. The molecule has 0 bridgehead atoms. The number of amides is 1. The lowest BCUT2D eigenvalue weighted by atomic mass is 9.82. The summed E-state index contributed by atoms with van der Waals surface area (Å²) in [5.41, 5.74) is 5.68. The Morgan fingerprint density at radius 2 is 1.82 bits per heavy atom. The number of carbonyl (C=O) groups is 1. The normalized spacial score (nSPS) is 21.4. The van der Waals surface area contributed by atoms with Crippen LogP contribution in [0, 0.1) is 11.8 Å². The minimum absolute atomic E-state index is 0.00585. The Bertz CT molecular complexity index is 1370. The van der Waals surface area contributed by atoms with E-state index in [1.54, 1.807) is 0 Å². The number of nitrogens with zero attached hydrogens (tertiary/aromatic N) is 3. The largest absolute Gasteiger partial charge is 0.390 e. The van der Waals surface area contributed by atoms with Crippen LogP contribution in [0.25, 0.3) is 0 Å². The third-order valence-corrected chi connectivity index (χ3v) is 9.32. The van der Waals surface area contributed by atoms with E-state index in [1.165, 1.54) is 24.3 Å². The van der Waals surface area contributed by atoms with Crippen molar-refractivity contribution in [2.45, 2.75) is 102 Å². The van der Waals surface area contributed by atoms with Gasteiger partial charge >= 0.3 is 0 Å². The molecule has 220 valence electrons. The monoisotopic (exact) mass is 573 g/mol. The van der Waals surface area contributed by atoms with E-state index in [4.69, 9.17) is 10.7 Å². The van der Waals surface area contributed by atoms with Gasteiger partial charge in [-0.3, -0.25) is 4.79 Å². The maximum absolute atomic E-state index is 13.8. The van der Waals surface area contributed by atoms with E-state index >= 15 is 0 Å². The van der Waals surface area contributed by atoms with Gasteiger partial charge < -0.3 is 20.8 Å². The van der Waals surface area contributed by atoms with Gasteiger partial charge in [-0.25, -0.2) is 14.7 Å². The average Bonchev–Trinajstić information content (AvgIpc) is 3.48. The zero-order valence-corrected chi connectivity index (χ0v) is 25.1. The van der Waals surface area contributed by atoms with Crippen LogP contribution in [0.1, 0.15) is 101 Å². The number of pyridine rings is 2. The Morgan fingerprint density at radius 3 is 2.38 bits per heavy atom. The second-order valence-electron chi connectivity index (χ2n) is 13.1. The number of nitrogen functional groups attached to an aromatic ring is 1. The second kappa shape index (κ2) is 10.9. The van der Waals surface area contributed by atoms with Crippen molar-refractivity contribution in [3.05, 3.63) is 41.1 Å². The zero-order chi connectivity index (χ0) is 29.6. The number of aliphatic hydroxyl groups is 2. The molecule has 2 unspecified atom stereocenters. The van der Waals surface area contributed by atoms with E-state index in [0.717, 1.165) is 32.1 Å². The molecule has 3 heterocycles. The lowest BCUT2D eigenvalue weighted by Crippen LogP contribution is -2.42. The summed E-state index contributed by atoms with van der Waals surface area (Å²) in [6.45, 7) is 12.8. The molecule has 5 N–H and O–H groups in total. The third kappa shape index (κ3) is 6.11. The summed E-state index contributed by atoms with van der Waals surface area (Å²) in [6.07, 6.45) is 2.14. The highest BCUT2D eigenvalue weighted by atomic mass is 32.2. The molecule has 2 aromatic rings. The summed E-state index contributed by atoms with van der Waals surface area (Å²) in [5, 5.41) is 22.2. The number of rotatable bonds is 7. The first-order chi connectivity index (χ1) is 18.5. The summed E-state index contributed by atoms with van der Waals surface area (Å²) in [4.78, 5) is 24.7. The van der Waals surface area contributed by atoms with Crippen LogP contribution in [0.5, 0.6) is 0 Å². The van der Waals surface area contributed by atoms with Gasteiger partial charge in [0.25, 0.3) is 15.9 Å². The molecule has 0 aromatic carbocycles. The van der Waals surface area contributed by atoms with Gasteiger partial charge in [-0.2, -0.15) is 8.42 Å². The quantitative estimate of drug-likeness (QED) is 0.387. The first-order valence-electron chi connectivity index (χ1n) is 14.0. The number of aromatic nitrogens is 2. The molecule has 1 saturated carbocycles. The summed E-state index contributed by atoms with van der Waals surface area (Å²) in [6, 6.07) is 5.67. The highest BCUT2D eigenvalue weighted by Crippen LogP contribution is 2.42. The molecule has 0 spiro atoms. The predicted octanol–water partition coefficient (Wildman–Crippen LogP) is 3.68. The first-order valence-corrected chi connectivity index (χ1v) is 15.5. The third-order valence-electron chi connectivity index (χ3n) is 8.09. The van der Waals surface area contributed by atoms with Gasteiger partial charge in [-0.15, -0.1) is 0 Å². The van der Waals surface area contributed by atoms with Crippen LogP contribution >= 0.6 is 0 Å². The molecule has 1 aliphatic heterocycles. The minimum atomic E-state index is -4.36.